The maximum absolute atomic E-state index is 5.62. The van der Waals surface area contributed by atoms with Crippen LogP contribution in [0, 0.1) is 0 Å². The van der Waals surface area contributed by atoms with Crippen LogP contribution in [0.1, 0.15) is 64.0 Å². The number of nitrogens with one attached hydrogen (secondary N) is 1. The molecule has 21 heavy (non-hydrogen) atoms. The van der Waals surface area contributed by atoms with Crippen molar-refractivity contribution >= 4 is 0 Å². The number of ether oxygens (including phenoxy) is 1. The topological polar surface area (TPSA) is 21.3 Å². The van der Waals surface area contributed by atoms with Gasteiger partial charge in [0, 0.05) is 6.04 Å². The number of benzene rings is 1. The summed E-state index contributed by atoms with van der Waals surface area (Å²) < 4.78 is 5.62. The average molecular weight is 289 g/mol. The van der Waals surface area contributed by atoms with Crippen LogP contribution in [0.25, 0.3) is 0 Å². The van der Waals surface area contributed by atoms with Crippen molar-refractivity contribution in [3.05, 3.63) is 42.5 Å². The third-order valence-electron chi connectivity index (χ3n) is 3.61. The zero-order valence-corrected chi connectivity index (χ0v) is 13.7. The van der Waals surface area contributed by atoms with E-state index in [0.29, 0.717) is 6.04 Å². The van der Waals surface area contributed by atoms with E-state index in [1.165, 1.54) is 31.2 Å². The van der Waals surface area contributed by atoms with Crippen molar-refractivity contribution in [2.75, 3.05) is 13.2 Å². The lowest BCUT2D eigenvalue weighted by molar-refractivity contribution is 0.339. The standard InChI is InChI=1S/C19H31NO/c1-4-7-8-9-10-14-19(20-15-5-2)17-12-11-13-18(16-17)21-6-3/h4,11-13,16,19-20H,1,5-10,14-15H2,2-3H3. The van der Waals surface area contributed by atoms with E-state index in [9.17, 15) is 0 Å². The Morgan fingerprint density at radius 3 is 2.81 bits per heavy atom. The minimum Gasteiger partial charge on any atom is -0.494 e. The van der Waals surface area contributed by atoms with Gasteiger partial charge in [-0.2, -0.15) is 0 Å². The fraction of sp³-hybridized carbons (Fsp3) is 0.579. The van der Waals surface area contributed by atoms with E-state index in [1.54, 1.807) is 0 Å². The van der Waals surface area contributed by atoms with Crippen LogP contribution in [0.5, 0.6) is 5.75 Å². The third kappa shape index (κ3) is 7.33. The molecule has 1 aromatic rings. The second-order valence-electron chi connectivity index (χ2n) is 5.44. The highest BCUT2D eigenvalue weighted by Gasteiger charge is 2.11. The first-order valence-corrected chi connectivity index (χ1v) is 8.38. The van der Waals surface area contributed by atoms with E-state index in [0.717, 1.165) is 31.7 Å². The highest BCUT2D eigenvalue weighted by atomic mass is 16.5. The van der Waals surface area contributed by atoms with Gasteiger partial charge in [0.15, 0.2) is 0 Å². The van der Waals surface area contributed by atoms with Gasteiger partial charge in [0.25, 0.3) is 0 Å². The molecule has 0 aromatic heterocycles. The second-order valence-corrected chi connectivity index (χ2v) is 5.44. The SMILES string of the molecule is C=CCCCCCC(NCCC)c1cccc(OCC)c1. The van der Waals surface area contributed by atoms with Crippen molar-refractivity contribution in [1.82, 2.24) is 5.32 Å². The molecular formula is C19H31NO. The van der Waals surface area contributed by atoms with Gasteiger partial charge in [-0.1, -0.05) is 38.0 Å². The van der Waals surface area contributed by atoms with Crippen LogP contribution >= 0.6 is 0 Å². The van der Waals surface area contributed by atoms with Crippen molar-refractivity contribution < 1.29 is 4.74 Å². The van der Waals surface area contributed by atoms with Gasteiger partial charge in [0.2, 0.25) is 0 Å². The highest BCUT2D eigenvalue weighted by Crippen LogP contribution is 2.24. The quantitative estimate of drug-likeness (QED) is 0.418. The Labute approximate surface area is 130 Å². The van der Waals surface area contributed by atoms with Gasteiger partial charge in [-0.05, 0) is 56.8 Å². The van der Waals surface area contributed by atoms with Gasteiger partial charge in [0.05, 0.1) is 6.61 Å². The Morgan fingerprint density at radius 2 is 2.10 bits per heavy atom. The largest absolute Gasteiger partial charge is 0.494 e. The van der Waals surface area contributed by atoms with E-state index in [2.05, 4.69) is 37.0 Å². The molecule has 1 rings (SSSR count). The third-order valence-corrected chi connectivity index (χ3v) is 3.61. The monoisotopic (exact) mass is 289 g/mol. The first kappa shape index (κ1) is 17.8. The zero-order chi connectivity index (χ0) is 15.3. The Kier molecular flexibility index (Phi) is 9.64. The van der Waals surface area contributed by atoms with Crippen molar-refractivity contribution in [3.8, 4) is 5.75 Å². The van der Waals surface area contributed by atoms with Crippen LogP contribution in [0.4, 0.5) is 0 Å². The molecule has 0 fully saturated rings. The lowest BCUT2D eigenvalue weighted by atomic mass is 9.99. The summed E-state index contributed by atoms with van der Waals surface area (Å²) in [6.45, 7) is 9.81. The van der Waals surface area contributed by atoms with E-state index in [1.807, 2.05) is 19.1 Å². The van der Waals surface area contributed by atoms with Crippen LogP contribution in [-0.2, 0) is 0 Å². The van der Waals surface area contributed by atoms with Gasteiger partial charge in [-0.25, -0.2) is 0 Å². The normalized spacial score (nSPS) is 12.1. The first-order chi connectivity index (χ1) is 10.3. The molecule has 2 nitrogen and oxygen atoms in total. The van der Waals surface area contributed by atoms with Gasteiger partial charge in [-0.3, -0.25) is 0 Å². The molecule has 0 spiro atoms. The summed E-state index contributed by atoms with van der Waals surface area (Å²) in [6.07, 6.45) is 9.29. The van der Waals surface area contributed by atoms with Crippen LogP contribution < -0.4 is 10.1 Å². The molecule has 2 heteroatoms. The number of allylic oxidation sites excluding steroid dienone is 1. The van der Waals surface area contributed by atoms with Gasteiger partial charge >= 0.3 is 0 Å². The van der Waals surface area contributed by atoms with E-state index >= 15 is 0 Å². The van der Waals surface area contributed by atoms with Crippen LogP contribution in [0.2, 0.25) is 0 Å². The molecule has 0 heterocycles. The second kappa shape index (κ2) is 11.4. The molecule has 0 radical (unpaired) electrons. The van der Waals surface area contributed by atoms with Crippen LogP contribution in [-0.4, -0.2) is 13.2 Å². The lowest BCUT2D eigenvalue weighted by Gasteiger charge is -2.20. The van der Waals surface area contributed by atoms with Crippen LogP contribution in [0.15, 0.2) is 36.9 Å². The summed E-state index contributed by atoms with van der Waals surface area (Å²) in [6, 6.07) is 8.96. The Hall–Kier alpha value is -1.28. The smallest absolute Gasteiger partial charge is 0.119 e. The molecule has 0 amide bonds. The molecular weight excluding hydrogens is 258 g/mol. The summed E-state index contributed by atoms with van der Waals surface area (Å²) in [5.41, 5.74) is 1.35. The minimum absolute atomic E-state index is 0.439. The molecule has 1 N–H and O–H groups in total. The molecule has 0 saturated carbocycles. The van der Waals surface area contributed by atoms with E-state index in [-0.39, 0.29) is 0 Å². The molecule has 118 valence electrons. The van der Waals surface area contributed by atoms with Gasteiger partial charge in [-0.15, -0.1) is 6.58 Å². The molecule has 0 saturated heterocycles. The molecule has 1 atom stereocenters. The summed E-state index contributed by atoms with van der Waals surface area (Å²) in [5, 5.41) is 3.67. The van der Waals surface area contributed by atoms with Crippen molar-refractivity contribution in [2.24, 2.45) is 0 Å². The Bertz CT molecular complexity index is 389. The lowest BCUT2D eigenvalue weighted by Crippen LogP contribution is -2.22. The van der Waals surface area contributed by atoms with Crippen LogP contribution in [0.3, 0.4) is 0 Å². The minimum atomic E-state index is 0.439. The predicted molar refractivity (Wildman–Crippen MR) is 91.9 cm³/mol. The summed E-state index contributed by atoms with van der Waals surface area (Å²) in [7, 11) is 0. The molecule has 0 aliphatic rings. The van der Waals surface area contributed by atoms with Crippen molar-refractivity contribution in [1.29, 1.82) is 0 Å². The summed E-state index contributed by atoms with van der Waals surface area (Å²) >= 11 is 0. The fourth-order valence-electron chi connectivity index (χ4n) is 2.51. The maximum atomic E-state index is 5.62. The van der Waals surface area contributed by atoms with E-state index < -0.39 is 0 Å². The number of hydrogen-bond donors (Lipinski definition) is 1. The molecule has 1 unspecified atom stereocenters. The maximum Gasteiger partial charge on any atom is 0.119 e. The molecule has 1 aromatic carbocycles. The number of unbranched alkanes of at least 4 members (excludes halogenated alkanes) is 3. The number of rotatable bonds is 12. The Morgan fingerprint density at radius 1 is 1.24 bits per heavy atom. The highest BCUT2D eigenvalue weighted by molar-refractivity contribution is 5.30. The summed E-state index contributed by atoms with van der Waals surface area (Å²) in [4.78, 5) is 0. The number of hydrogen-bond acceptors (Lipinski definition) is 2. The van der Waals surface area contributed by atoms with Crippen molar-refractivity contribution in [3.63, 3.8) is 0 Å². The molecule has 0 aliphatic heterocycles. The Balaban J connectivity index is 2.58. The van der Waals surface area contributed by atoms with Crippen molar-refractivity contribution in [2.45, 2.75) is 58.4 Å². The fourth-order valence-corrected chi connectivity index (χ4v) is 2.51. The predicted octanol–water partition coefficient (Wildman–Crippen LogP) is 5.26. The van der Waals surface area contributed by atoms with Gasteiger partial charge < -0.3 is 10.1 Å². The first-order valence-electron chi connectivity index (χ1n) is 8.38. The average Bonchev–Trinajstić information content (AvgIpc) is 2.51. The zero-order valence-electron chi connectivity index (χ0n) is 13.7. The molecule has 0 bridgehead atoms. The molecule has 0 aliphatic carbocycles. The van der Waals surface area contributed by atoms with E-state index in [4.69, 9.17) is 4.74 Å². The summed E-state index contributed by atoms with van der Waals surface area (Å²) in [5.74, 6) is 0.977. The van der Waals surface area contributed by atoms with Gasteiger partial charge in [0.1, 0.15) is 5.75 Å².